The van der Waals surface area contributed by atoms with Crippen LogP contribution in [0.4, 0.5) is 5.69 Å². The lowest BCUT2D eigenvalue weighted by Crippen LogP contribution is -2.31. The molecule has 0 aliphatic rings. The lowest BCUT2D eigenvalue weighted by molar-refractivity contribution is -0.384. The largest absolute Gasteiger partial charge is 0.425 e. The topological polar surface area (TPSA) is 98.5 Å². The van der Waals surface area contributed by atoms with Gasteiger partial charge in [0.05, 0.1) is 4.92 Å². The van der Waals surface area contributed by atoms with Crippen molar-refractivity contribution in [2.24, 2.45) is 0 Å². The first-order valence-electron chi connectivity index (χ1n) is 10.7. The number of ether oxygens (including phenoxy) is 1. The molecule has 7 nitrogen and oxygen atoms in total. The molecule has 0 aromatic heterocycles. The zero-order valence-electron chi connectivity index (χ0n) is 17.5. The van der Waals surface area contributed by atoms with Gasteiger partial charge in [-0.05, 0) is 18.6 Å². The number of unbranched alkanes of at least 4 members (excludes halogenated alkanes) is 10. The molecule has 0 bridgehead atoms. The Morgan fingerprint density at radius 3 is 1.93 bits per heavy atom. The summed E-state index contributed by atoms with van der Waals surface area (Å²) in [7, 11) is 0. The minimum absolute atomic E-state index is 0.0786. The number of benzene rings is 1. The SMILES string of the molecule is CCCCCCCCCCCCCC(=O)NCC(=O)Oc1ccc([N+](=O)[O-])cc1. The average molecular weight is 407 g/mol. The fraction of sp³-hybridized carbons (Fsp3) is 0.636. The van der Waals surface area contributed by atoms with Crippen LogP contribution in [0.5, 0.6) is 5.75 Å². The first-order chi connectivity index (χ1) is 14.0. The predicted molar refractivity (Wildman–Crippen MR) is 113 cm³/mol. The van der Waals surface area contributed by atoms with Crippen LogP contribution >= 0.6 is 0 Å². The number of carbonyl (C=O) groups is 2. The molecule has 0 saturated heterocycles. The van der Waals surface area contributed by atoms with Gasteiger partial charge < -0.3 is 10.1 Å². The Kier molecular flexibility index (Phi) is 13.1. The number of hydrogen-bond donors (Lipinski definition) is 1. The molecule has 1 amide bonds. The Labute approximate surface area is 173 Å². The summed E-state index contributed by atoms with van der Waals surface area (Å²) in [5, 5.41) is 13.1. The highest BCUT2D eigenvalue weighted by molar-refractivity contribution is 5.82. The van der Waals surface area contributed by atoms with Crippen molar-refractivity contribution in [3.8, 4) is 5.75 Å². The number of non-ortho nitro benzene ring substituents is 1. The van der Waals surface area contributed by atoms with Gasteiger partial charge in [0.1, 0.15) is 12.3 Å². The molecule has 0 unspecified atom stereocenters. The Hall–Kier alpha value is -2.44. The number of nitro groups is 1. The minimum atomic E-state index is -0.605. The summed E-state index contributed by atoms with van der Waals surface area (Å²) in [6.07, 6.45) is 13.9. The van der Waals surface area contributed by atoms with Gasteiger partial charge in [0, 0.05) is 18.6 Å². The lowest BCUT2D eigenvalue weighted by atomic mass is 10.1. The quantitative estimate of drug-likeness (QED) is 0.132. The highest BCUT2D eigenvalue weighted by atomic mass is 16.6. The van der Waals surface area contributed by atoms with E-state index in [4.69, 9.17) is 4.74 Å². The molecular formula is C22H34N2O5. The second-order valence-corrected chi connectivity index (χ2v) is 7.29. The van der Waals surface area contributed by atoms with E-state index < -0.39 is 10.9 Å². The first-order valence-corrected chi connectivity index (χ1v) is 10.7. The third-order valence-corrected chi connectivity index (χ3v) is 4.72. The molecule has 1 rings (SSSR count). The first kappa shape index (κ1) is 24.6. The maximum atomic E-state index is 11.8. The van der Waals surface area contributed by atoms with Gasteiger partial charge in [-0.25, -0.2) is 4.79 Å². The highest BCUT2D eigenvalue weighted by Gasteiger charge is 2.10. The van der Waals surface area contributed by atoms with Crippen LogP contribution in [0, 0.1) is 10.1 Å². The minimum Gasteiger partial charge on any atom is -0.425 e. The Morgan fingerprint density at radius 2 is 1.41 bits per heavy atom. The molecule has 0 aliphatic heterocycles. The van der Waals surface area contributed by atoms with E-state index in [0.717, 1.165) is 19.3 Å². The van der Waals surface area contributed by atoms with Crippen LogP contribution in [-0.4, -0.2) is 23.3 Å². The van der Waals surface area contributed by atoms with Crippen molar-refractivity contribution in [2.45, 2.75) is 84.0 Å². The van der Waals surface area contributed by atoms with E-state index >= 15 is 0 Å². The van der Waals surface area contributed by atoms with Crippen LogP contribution in [0.25, 0.3) is 0 Å². The van der Waals surface area contributed by atoms with E-state index in [9.17, 15) is 19.7 Å². The molecule has 0 spiro atoms. The van der Waals surface area contributed by atoms with E-state index in [1.807, 2.05) is 0 Å². The van der Waals surface area contributed by atoms with Gasteiger partial charge in [-0.2, -0.15) is 0 Å². The maximum absolute atomic E-state index is 11.8. The Bertz CT molecular complexity index is 616. The van der Waals surface area contributed by atoms with Crippen LogP contribution in [0.2, 0.25) is 0 Å². The zero-order chi connectivity index (χ0) is 21.3. The highest BCUT2D eigenvalue weighted by Crippen LogP contribution is 2.17. The second-order valence-electron chi connectivity index (χ2n) is 7.29. The van der Waals surface area contributed by atoms with E-state index in [0.29, 0.717) is 6.42 Å². The summed E-state index contributed by atoms with van der Waals surface area (Å²) >= 11 is 0. The van der Waals surface area contributed by atoms with E-state index in [-0.39, 0.29) is 23.9 Å². The van der Waals surface area contributed by atoms with E-state index in [1.165, 1.54) is 75.6 Å². The van der Waals surface area contributed by atoms with Gasteiger partial charge in [-0.3, -0.25) is 14.9 Å². The summed E-state index contributed by atoms with van der Waals surface area (Å²) in [4.78, 5) is 33.6. The van der Waals surface area contributed by atoms with Crippen molar-refractivity contribution in [1.82, 2.24) is 5.32 Å². The van der Waals surface area contributed by atoms with Crippen LogP contribution in [-0.2, 0) is 9.59 Å². The number of nitro benzene ring substituents is 1. The molecular weight excluding hydrogens is 372 g/mol. The van der Waals surface area contributed by atoms with Gasteiger partial charge in [0.15, 0.2) is 0 Å². The van der Waals surface area contributed by atoms with Gasteiger partial charge in [-0.1, -0.05) is 71.1 Å². The second kappa shape index (κ2) is 15.5. The fourth-order valence-electron chi connectivity index (χ4n) is 3.01. The maximum Gasteiger partial charge on any atom is 0.330 e. The van der Waals surface area contributed by atoms with Crippen molar-refractivity contribution in [1.29, 1.82) is 0 Å². The third-order valence-electron chi connectivity index (χ3n) is 4.72. The molecule has 1 aromatic rings. The molecule has 7 heteroatoms. The van der Waals surface area contributed by atoms with Crippen molar-refractivity contribution >= 4 is 17.6 Å². The van der Waals surface area contributed by atoms with Gasteiger partial charge in [0.25, 0.3) is 5.69 Å². The number of carbonyl (C=O) groups excluding carboxylic acids is 2. The molecule has 1 aromatic carbocycles. The molecule has 162 valence electrons. The number of hydrogen-bond acceptors (Lipinski definition) is 5. The van der Waals surface area contributed by atoms with Gasteiger partial charge >= 0.3 is 5.97 Å². The summed E-state index contributed by atoms with van der Waals surface area (Å²) in [6.45, 7) is 2.02. The molecule has 0 atom stereocenters. The molecule has 0 radical (unpaired) electrons. The zero-order valence-corrected chi connectivity index (χ0v) is 17.5. The molecule has 0 fully saturated rings. The summed E-state index contributed by atoms with van der Waals surface area (Å²) in [5.41, 5.74) is -0.0786. The third kappa shape index (κ3) is 12.6. The van der Waals surface area contributed by atoms with Crippen molar-refractivity contribution in [3.05, 3.63) is 34.4 Å². The van der Waals surface area contributed by atoms with E-state index in [1.54, 1.807) is 0 Å². The number of nitrogens with one attached hydrogen (secondary N) is 1. The lowest BCUT2D eigenvalue weighted by Gasteiger charge is -2.06. The molecule has 0 heterocycles. The number of esters is 1. The summed E-state index contributed by atoms with van der Waals surface area (Å²) in [6, 6.07) is 5.22. The van der Waals surface area contributed by atoms with E-state index in [2.05, 4.69) is 12.2 Å². The van der Waals surface area contributed by atoms with Crippen LogP contribution < -0.4 is 10.1 Å². The summed E-state index contributed by atoms with van der Waals surface area (Å²) in [5.74, 6) is -0.562. The molecule has 0 saturated carbocycles. The van der Waals surface area contributed by atoms with Crippen LogP contribution in [0.1, 0.15) is 84.0 Å². The molecule has 29 heavy (non-hydrogen) atoms. The van der Waals surface area contributed by atoms with Gasteiger partial charge in [-0.15, -0.1) is 0 Å². The molecule has 0 aliphatic carbocycles. The van der Waals surface area contributed by atoms with Gasteiger partial charge in [0.2, 0.25) is 5.91 Å². The van der Waals surface area contributed by atoms with Crippen molar-refractivity contribution < 1.29 is 19.2 Å². The smallest absolute Gasteiger partial charge is 0.330 e. The van der Waals surface area contributed by atoms with Crippen molar-refractivity contribution in [2.75, 3.05) is 6.54 Å². The monoisotopic (exact) mass is 406 g/mol. The Balaban J connectivity index is 2.00. The molecule has 1 N–H and O–H groups in total. The normalized spacial score (nSPS) is 10.5. The van der Waals surface area contributed by atoms with Crippen LogP contribution in [0.15, 0.2) is 24.3 Å². The fourth-order valence-corrected chi connectivity index (χ4v) is 3.01. The number of rotatable bonds is 16. The number of nitrogens with zero attached hydrogens (tertiary/aromatic N) is 1. The average Bonchev–Trinajstić information content (AvgIpc) is 2.71. The summed E-state index contributed by atoms with van der Waals surface area (Å²) < 4.78 is 5.03. The van der Waals surface area contributed by atoms with Crippen LogP contribution in [0.3, 0.4) is 0 Å². The van der Waals surface area contributed by atoms with Crippen molar-refractivity contribution in [3.63, 3.8) is 0 Å². The Morgan fingerprint density at radius 1 is 0.897 bits per heavy atom. The number of amides is 1. The standard InChI is InChI=1S/C22H34N2O5/c1-2-3-4-5-6-7-8-9-10-11-12-13-21(25)23-18-22(26)29-20-16-14-19(15-17-20)24(27)28/h14-17H,2-13,18H2,1H3,(H,23,25). The predicted octanol–water partition coefficient (Wildman–Crippen LogP) is 5.32.